The first-order valence-corrected chi connectivity index (χ1v) is 15.1. The third kappa shape index (κ3) is 8.98. The van der Waals surface area contributed by atoms with E-state index in [9.17, 15) is 18.0 Å². The molecule has 3 rings (SSSR count). The molecular weight excluding hydrogens is 557 g/mol. The van der Waals surface area contributed by atoms with Crippen LogP contribution in [-0.2, 0) is 32.6 Å². The number of sulfonamides is 1. The molecule has 0 spiro atoms. The standard InChI is InChI=1S/C29H33Cl2N3O4S/c1-21(2)18-32-29(36)27(17-22-9-5-4-6-10-22)33(19-23-13-15-24(30)16-14-23)28(35)20-34(39(3,37)38)26-12-8-7-11-25(26)31/h4-16,21,27H,17-20H2,1-3H3,(H,32,36)/t27-/m0/s1. The molecule has 0 unspecified atom stereocenters. The maximum atomic E-state index is 14.0. The van der Waals surface area contributed by atoms with E-state index in [2.05, 4.69) is 5.32 Å². The van der Waals surface area contributed by atoms with E-state index < -0.39 is 28.5 Å². The van der Waals surface area contributed by atoms with E-state index in [4.69, 9.17) is 23.2 Å². The smallest absolute Gasteiger partial charge is 0.244 e. The maximum Gasteiger partial charge on any atom is 0.244 e. The number of hydrogen-bond acceptors (Lipinski definition) is 4. The summed E-state index contributed by atoms with van der Waals surface area (Å²) in [6.07, 6.45) is 1.26. The molecule has 0 aliphatic heterocycles. The van der Waals surface area contributed by atoms with Gasteiger partial charge < -0.3 is 10.2 Å². The zero-order valence-electron chi connectivity index (χ0n) is 22.2. The van der Waals surface area contributed by atoms with Crippen LogP contribution in [0.3, 0.4) is 0 Å². The molecule has 3 aromatic carbocycles. The second-order valence-electron chi connectivity index (χ2n) is 9.71. The number of amides is 2. The van der Waals surface area contributed by atoms with Crippen LogP contribution in [-0.4, -0.2) is 50.5 Å². The minimum absolute atomic E-state index is 0.0721. The number of nitrogens with one attached hydrogen (secondary N) is 1. The summed E-state index contributed by atoms with van der Waals surface area (Å²) in [6, 6.07) is 21.9. The van der Waals surface area contributed by atoms with Crippen molar-refractivity contribution in [2.75, 3.05) is 23.7 Å². The van der Waals surface area contributed by atoms with Gasteiger partial charge in [0.15, 0.2) is 0 Å². The number of nitrogens with zero attached hydrogens (tertiary/aromatic N) is 2. The molecule has 7 nitrogen and oxygen atoms in total. The number of halogens is 2. The van der Waals surface area contributed by atoms with E-state index in [1.165, 1.54) is 11.0 Å². The Labute approximate surface area is 240 Å². The highest BCUT2D eigenvalue weighted by Crippen LogP contribution is 2.28. The molecule has 0 saturated heterocycles. The third-order valence-electron chi connectivity index (χ3n) is 6.02. The lowest BCUT2D eigenvalue weighted by Crippen LogP contribution is -2.53. The highest BCUT2D eigenvalue weighted by atomic mass is 35.5. The molecule has 1 N–H and O–H groups in total. The summed E-state index contributed by atoms with van der Waals surface area (Å²) >= 11 is 12.4. The summed E-state index contributed by atoms with van der Waals surface area (Å²) in [6.45, 7) is 3.94. The lowest BCUT2D eigenvalue weighted by atomic mass is 10.0. The topological polar surface area (TPSA) is 86.8 Å². The van der Waals surface area contributed by atoms with Gasteiger partial charge >= 0.3 is 0 Å². The Balaban J connectivity index is 2.05. The zero-order chi connectivity index (χ0) is 28.6. The molecule has 0 saturated carbocycles. The highest BCUT2D eigenvalue weighted by molar-refractivity contribution is 7.92. The Kier molecular flexibility index (Phi) is 10.8. The van der Waals surface area contributed by atoms with Crippen LogP contribution < -0.4 is 9.62 Å². The quantitative estimate of drug-likeness (QED) is 0.315. The lowest BCUT2D eigenvalue weighted by Gasteiger charge is -2.33. The fraction of sp³-hybridized carbons (Fsp3) is 0.310. The van der Waals surface area contributed by atoms with E-state index in [1.54, 1.807) is 42.5 Å². The van der Waals surface area contributed by atoms with Gasteiger partial charge in [-0.15, -0.1) is 0 Å². The van der Waals surface area contributed by atoms with Gasteiger partial charge in [-0.1, -0.05) is 91.6 Å². The summed E-state index contributed by atoms with van der Waals surface area (Å²) in [5.74, 6) is -0.665. The molecule has 0 fully saturated rings. The normalized spacial score (nSPS) is 12.2. The van der Waals surface area contributed by atoms with Gasteiger partial charge in [0.05, 0.1) is 17.0 Å². The first-order chi connectivity index (χ1) is 18.5. The van der Waals surface area contributed by atoms with Gasteiger partial charge in [0, 0.05) is 24.5 Å². The maximum absolute atomic E-state index is 14.0. The molecule has 2 amide bonds. The molecule has 0 aliphatic carbocycles. The van der Waals surface area contributed by atoms with Crippen LogP contribution in [0, 0.1) is 5.92 Å². The van der Waals surface area contributed by atoms with Crippen molar-refractivity contribution in [3.63, 3.8) is 0 Å². The highest BCUT2D eigenvalue weighted by Gasteiger charge is 2.33. The summed E-state index contributed by atoms with van der Waals surface area (Å²) < 4.78 is 26.6. The largest absolute Gasteiger partial charge is 0.354 e. The van der Waals surface area contributed by atoms with Crippen LogP contribution in [0.4, 0.5) is 5.69 Å². The van der Waals surface area contributed by atoms with E-state index in [0.29, 0.717) is 11.6 Å². The number of carbonyl (C=O) groups is 2. The van der Waals surface area contributed by atoms with Gasteiger partial charge in [-0.05, 0) is 41.3 Å². The van der Waals surface area contributed by atoms with Gasteiger partial charge in [0.2, 0.25) is 21.8 Å². The lowest BCUT2D eigenvalue weighted by molar-refractivity contribution is -0.140. The summed E-state index contributed by atoms with van der Waals surface area (Å²) in [4.78, 5) is 29.0. The van der Waals surface area contributed by atoms with Gasteiger partial charge in [0.25, 0.3) is 0 Å². The molecule has 3 aromatic rings. The van der Waals surface area contributed by atoms with Crippen LogP contribution in [0.2, 0.25) is 10.0 Å². The molecule has 0 radical (unpaired) electrons. The monoisotopic (exact) mass is 589 g/mol. The van der Waals surface area contributed by atoms with Crippen molar-refractivity contribution >= 4 is 50.7 Å². The van der Waals surface area contributed by atoms with Crippen LogP contribution in [0.1, 0.15) is 25.0 Å². The fourth-order valence-corrected chi connectivity index (χ4v) is 5.29. The molecule has 0 heterocycles. The minimum atomic E-state index is -3.89. The Morgan fingerprint density at radius 2 is 1.49 bits per heavy atom. The second kappa shape index (κ2) is 13.8. The van der Waals surface area contributed by atoms with Crippen LogP contribution in [0.25, 0.3) is 0 Å². The van der Waals surface area contributed by atoms with Gasteiger partial charge in [-0.2, -0.15) is 0 Å². The van der Waals surface area contributed by atoms with Crippen molar-refractivity contribution in [1.29, 1.82) is 0 Å². The van der Waals surface area contributed by atoms with Crippen molar-refractivity contribution in [2.45, 2.75) is 32.9 Å². The molecule has 1 atom stereocenters. The number of benzene rings is 3. The number of hydrogen-bond donors (Lipinski definition) is 1. The summed E-state index contributed by atoms with van der Waals surface area (Å²) in [5, 5.41) is 3.68. The van der Waals surface area contributed by atoms with Crippen LogP contribution in [0.15, 0.2) is 78.9 Å². The molecular formula is C29H33Cl2N3O4S. The van der Waals surface area contributed by atoms with Gasteiger partial charge in [0.1, 0.15) is 12.6 Å². The number of para-hydroxylation sites is 1. The van der Waals surface area contributed by atoms with Crippen molar-refractivity contribution < 1.29 is 18.0 Å². The van der Waals surface area contributed by atoms with E-state index in [0.717, 1.165) is 21.7 Å². The van der Waals surface area contributed by atoms with Crippen molar-refractivity contribution in [2.24, 2.45) is 5.92 Å². The second-order valence-corrected chi connectivity index (χ2v) is 12.5. The molecule has 0 bridgehead atoms. The van der Waals surface area contributed by atoms with Crippen LogP contribution in [0.5, 0.6) is 0 Å². The number of carbonyl (C=O) groups excluding carboxylic acids is 2. The Bertz CT molecular complexity index is 1370. The first-order valence-electron chi connectivity index (χ1n) is 12.5. The predicted octanol–water partition coefficient (Wildman–Crippen LogP) is 5.17. The zero-order valence-corrected chi connectivity index (χ0v) is 24.5. The SMILES string of the molecule is CC(C)CNC(=O)[C@H](Cc1ccccc1)N(Cc1ccc(Cl)cc1)C(=O)CN(c1ccccc1Cl)S(C)(=O)=O. The average molecular weight is 591 g/mol. The van der Waals surface area contributed by atoms with Crippen LogP contribution >= 0.6 is 23.2 Å². The van der Waals surface area contributed by atoms with Crippen molar-refractivity contribution in [1.82, 2.24) is 10.2 Å². The van der Waals surface area contributed by atoms with Gasteiger partial charge in [-0.25, -0.2) is 8.42 Å². The van der Waals surface area contributed by atoms with Crippen molar-refractivity contribution in [3.8, 4) is 0 Å². The summed E-state index contributed by atoms with van der Waals surface area (Å²) in [7, 11) is -3.89. The molecule has 39 heavy (non-hydrogen) atoms. The summed E-state index contributed by atoms with van der Waals surface area (Å²) in [5.41, 5.74) is 1.79. The average Bonchev–Trinajstić information content (AvgIpc) is 2.89. The predicted molar refractivity (Wildman–Crippen MR) is 157 cm³/mol. The van der Waals surface area contributed by atoms with E-state index >= 15 is 0 Å². The third-order valence-corrected chi connectivity index (χ3v) is 7.72. The minimum Gasteiger partial charge on any atom is -0.354 e. The first kappa shape index (κ1) is 30.5. The molecule has 0 aromatic heterocycles. The Hall–Kier alpha value is -3.07. The number of anilines is 1. The Morgan fingerprint density at radius 3 is 2.08 bits per heavy atom. The molecule has 208 valence electrons. The van der Waals surface area contributed by atoms with Gasteiger partial charge in [-0.3, -0.25) is 13.9 Å². The molecule has 10 heteroatoms. The fourth-order valence-electron chi connectivity index (χ4n) is 4.01. The molecule has 0 aliphatic rings. The van der Waals surface area contributed by atoms with E-state index in [-0.39, 0.29) is 35.5 Å². The Morgan fingerprint density at radius 1 is 0.872 bits per heavy atom. The van der Waals surface area contributed by atoms with E-state index in [1.807, 2.05) is 44.2 Å². The number of rotatable bonds is 12. The van der Waals surface area contributed by atoms with Crippen molar-refractivity contribution in [3.05, 3.63) is 100 Å².